The fourth-order valence-corrected chi connectivity index (χ4v) is 4.82. The number of carbonyl (C=O) groups is 1. The number of hydrogen-bond acceptors (Lipinski definition) is 5. The number of anilines is 1. The van der Waals surface area contributed by atoms with Gasteiger partial charge in [0.05, 0.1) is 0 Å². The smallest absolute Gasteiger partial charge is 0.275 e. The zero-order valence-corrected chi connectivity index (χ0v) is 16.0. The van der Waals surface area contributed by atoms with E-state index in [1.54, 1.807) is 10.6 Å². The Morgan fingerprint density at radius 1 is 1.17 bits per heavy atom. The lowest BCUT2D eigenvalue weighted by molar-refractivity contribution is 0.0594. The Kier molecular flexibility index (Phi) is 4.01. The van der Waals surface area contributed by atoms with E-state index in [0.717, 1.165) is 23.0 Å². The number of fused-ring (bicyclic) bond motifs is 5. The Morgan fingerprint density at radius 2 is 2.00 bits per heavy atom. The number of benzene rings is 1. The summed E-state index contributed by atoms with van der Waals surface area (Å²) in [5.41, 5.74) is 1.73. The Hall–Kier alpha value is -3.10. The monoisotopic (exact) mass is 393 g/mol. The highest BCUT2D eigenvalue weighted by Crippen LogP contribution is 2.36. The van der Waals surface area contributed by atoms with Gasteiger partial charge < -0.3 is 24.5 Å². The van der Waals surface area contributed by atoms with Crippen molar-refractivity contribution < 1.29 is 10.0 Å². The molecule has 0 radical (unpaired) electrons. The molecule has 1 saturated heterocycles. The van der Waals surface area contributed by atoms with E-state index < -0.39 is 5.56 Å². The third-order valence-corrected chi connectivity index (χ3v) is 6.21. The predicted molar refractivity (Wildman–Crippen MR) is 108 cm³/mol. The van der Waals surface area contributed by atoms with Gasteiger partial charge >= 0.3 is 0 Å². The number of aryl methyl sites for hydroxylation is 1. The molecular weight excluding hydrogens is 372 g/mol. The molecule has 0 spiro atoms. The van der Waals surface area contributed by atoms with Crippen molar-refractivity contribution in [1.29, 1.82) is 0 Å². The molecule has 29 heavy (non-hydrogen) atoms. The molecular formula is C21H21N4O4-. The molecule has 150 valence electrons. The van der Waals surface area contributed by atoms with Gasteiger partial charge in [0.15, 0.2) is 0 Å². The van der Waals surface area contributed by atoms with Gasteiger partial charge in [0, 0.05) is 55.6 Å². The van der Waals surface area contributed by atoms with E-state index in [9.17, 15) is 14.8 Å². The maximum atomic E-state index is 13.2. The summed E-state index contributed by atoms with van der Waals surface area (Å²) in [6.45, 7) is 1.53. The molecule has 0 saturated carbocycles. The Bertz CT molecular complexity index is 1180. The second-order valence-corrected chi connectivity index (χ2v) is 8.04. The summed E-state index contributed by atoms with van der Waals surface area (Å²) in [6.07, 6.45) is 2.88. The number of hydrogen-bond donors (Lipinski definition) is 1. The summed E-state index contributed by atoms with van der Waals surface area (Å²) in [6, 6.07) is 10.8. The largest absolute Gasteiger partial charge is 0.733 e. The molecule has 1 N–H and O–H groups in total. The topological polar surface area (TPSA) is 93.8 Å². The van der Waals surface area contributed by atoms with Gasteiger partial charge in [-0.1, -0.05) is 6.07 Å². The molecule has 1 aromatic carbocycles. The van der Waals surface area contributed by atoms with Gasteiger partial charge in [-0.05, 0) is 48.1 Å². The quantitative estimate of drug-likeness (QED) is 0.674. The van der Waals surface area contributed by atoms with Crippen LogP contribution in [0.25, 0.3) is 10.9 Å². The molecule has 2 aliphatic heterocycles. The standard InChI is InChI=1S/C21H21N4O4/c1-22-7-6-14-2-3-15(9-19(14)22)20(26)23-10-13-8-16(12-23)17-4-5-18(25(28)29)21(27)24(17)11-13/h2-7,9,13,16,28H,8,10-12H2,1H3/q-1. The number of nitrogens with zero attached hydrogens (tertiary/aromatic N) is 4. The number of likely N-dealkylation sites (tertiary alicyclic amines) is 1. The SMILES string of the molecule is Cn1ccc2ccc(C(=O)N3CC4CC(C3)c3ccc(N([O-])O)c(=O)n3C4)cc21. The molecule has 2 unspecified atom stereocenters. The minimum atomic E-state index is -0.483. The van der Waals surface area contributed by atoms with Crippen LogP contribution in [0.1, 0.15) is 28.4 Å². The zero-order valence-electron chi connectivity index (χ0n) is 16.0. The van der Waals surface area contributed by atoms with Gasteiger partial charge in [-0.15, -0.1) is 0 Å². The minimum Gasteiger partial charge on any atom is -0.733 e. The first-order valence-electron chi connectivity index (χ1n) is 9.66. The van der Waals surface area contributed by atoms with Crippen molar-refractivity contribution in [1.82, 2.24) is 14.0 Å². The molecule has 8 heteroatoms. The first-order chi connectivity index (χ1) is 13.9. The van der Waals surface area contributed by atoms with Crippen LogP contribution in [0.15, 0.2) is 47.4 Å². The molecule has 0 aliphatic carbocycles. The molecule has 2 aromatic heterocycles. The highest BCUT2D eigenvalue weighted by molar-refractivity contribution is 5.98. The number of rotatable bonds is 2. The minimum absolute atomic E-state index is 0.00342. The van der Waals surface area contributed by atoms with Gasteiger partial charge in [-0.25, -0.2) is 0 Å². The van der Waals surface area contributed by atoms with Gasteiger partial charge in [0.2, 0.25) is 0 Å². The van der Waals surface area contributed by atoms with Crippen molar-refractivity contribution in [3.05, 3.63) is 69.4 Å². The lowest BCUT2D eigenvalue weighted by atomic mass is 9.83. The van der Waals surface area contributed by atoms with Crippen molar-refractivity contribution in [3.8, 4) is 0 Å². The average Bonchev–Trinajstić information content (AvgIpc) is 3.08. The third-order valence-electron chi connectivity index (χ3n) is 6.21. The van der Waals surface area contributed by atoms with E-state index in [4.69, 9.17) is 5.21 Å². The van der Waals surface area contributed by atoms with Crippen molar-refractivity contribution in [2.45, 2.75) is 18.9 Å². The summed E-state index contributed by atoms with van der Waals surface area (Å²) in [5.74, 6) is 0.165. The number of amides is 1. The molecule has 2 atom stereocenters. The molecule has 1 fully saturated rings. The highest BCUT2D eigenvalue weighted by Gasteiger charge is 2.37. The molecule has 3 aromatic rings. The molecule has 2 bridgehead atoms. The lowest BCUT2D eigenvalue weighted by Crippen LogP contribution is -2.49. The summed E-state index contributed by atoms with van der Waals surface area (Å²) in [4.78, 5) is 27.6. The van der Waals surface area contributed by atoms with Gasteiger partial charge in [-0.2, -0.15) is 0 Å². The summed E-state index contributed by atoms with van der Waals surface area (Å²) < 4.78 is 3.57. The molecule has 1 amide bonds. The molecule has 8 nitrogen and oxygen atoms in total. The van der Waals surface area contributed by atoms with Crippen molar-refractivity contribution in [2.24, 2.45) is 13.0 Å². The van der Waals surface area contributed by atoms with Crippen LogP contribution in [-0.4, -0.2) is 38.2 Å². The number of piperidine rings is 1. The number of pyridine rings is 1. The van der Waals surface area contributed by atoms with Crippen LogP contribution < -0.4 is 10.8 Å². The fourth-order valence-electron chi connectivity index (χ4n) is 4.82. The number of aromatic nitrogens is 2. The molecule has 4 heterocycles. The van der Waals surface area contributed by atoms with E-state index in [2.05, 4.69) is 0 Å². The summed E-state index contributed by atoms with van der Waals surface area (Å²) in [5, 5.41) is 21.1. The lowest BCUT2D eigenvalue weighted by Gasteiger charge is -2.43. The van der Waals surface area contributed by atoms with Gasteiger partial charge in [-0.3, -0.25) is 14.8 Å². The average molecular weight is 393 g/mol. The van der Waals surface area contributed by atoms with Crippen LogP contribution in [0.4, 0.5) is 5.69 Å². The predicted octanol–water partition coefficient (Wildman–Crippen LogP) is 2.29. The second-order valence-electron chi connectivity index (χ2n) is 8.04. The van der Waals surface area contributed by atoms with Crippen LogP contribution in [0.5, 0.6) is 0 Å². The first-order valence-corrected chi connectivity index (χ1v) is 9.66. The maximum absolute atomic E-state index is 13.2. The van der Waals surface area contributed by atoms with Crippen molar-refractivity contribution in [3.63, 3.8) is 0 Å². The zero-order chi connectivity index (χ0) is 20.3. The maximum Gasteiger partial charge on any atom is 0.275 e. The second kappa shape index (κ2) is 6.47. The van der Waals surface area contributed by atoms with Crippen LogP contribution in [0.3, 0.4) is 0 Å². The highest BCUT2D eigenvalue weighted by atomic mass is 16.8. The molecule has 2 aliphatic rings. The Morgan fingerprint density at radius 3 is 2.79 bits per heavy atom. The van der Waals surface area contributed by atoms with E-state index in [-0.39, 0.29) is 28.7 Å². The van der Waals surface area contributed by atoms with Crippen molar-refractivity contribution >= 4 is 22.5 Å². The van der Waals surface area contributed by atoms with E-state index >= 15 is 0 Å². The number of carbonyl (C=O) groups excluding carboxylic acids is 1. The third kappa shape index (κ3) is 2.83. The van der Waals surface area contributed by atoms with Crippen LogP contribution >= 0.6 is 0 Å². The van der Waals surface area contributed by atoms with Crippen molar-refractivity contribution in [2.75, 3.05) is 18.3 Å². The first kappa shape index (κ1) is 18.0. The van der Waals surface area contributed by atoms with Gasteiger partial charge in [0.1, 0.15) is 5.69 Å². The van der Waals surface area contributed by atoms with Crippen LogP contribution in [0, 0.1) is 11.1 Å². The summed E-state index contributed by atoms with van der Waals surface area (Å²) >= 11 is 0. The van der Waals surface area contributed by atoms with E-state index in [1.807, 2.05) is 47.0 Å². The van der Waals surface area contributed by atoms with E-state index in [0.29, 0.717) is 25.2 Å². The van der Waals surface area contributed by atoms with E-state index in [1.165, 1.54) is 6.07 Å². The van der Waals surface area contributed by atoms with Gasteiger partial charge in [0.25, 0.3) is 11.5 Å². The van der Waals surface area contributed by atoms with Crippen LogP contribution in [-0.2, 0) is 13.6 Å². The fraction of sp³-hybridized carbons (Fsp3) is 0.333. The summed E-state index contributed by atoms with van der Waals surface area (Å²) in [7, 11) is 1.96. The van der Waals surface area contributed by atoms with Crippen LogP contribution in [0.2, 0.25) is 0 Å². The Balaban J connectivity index is 1.45. The normalized spacial score (nSPS) is 20.6. The molecule has 5 rings (SSSR count). The Labute approximate surface area is 166 Å².